The van der Waals surface area contributed by atoms with E-state index in [0.29, 0.717) is 6.04 Å². The van der Waals surface area contributed by atoms with Crippen LogP contribution in [0.25, 0.3) is 0 Å². The molecule has 0 aromatic heterocycles. The number of likely N-dealkylation sites (N-methyl/N-ethyl adjacent to an activating group) is 1. The SMILES string of the molecule is C[N+]1(C2CCCOC2Oc2ccccc2)CCCCC1.[I-]. The standard InChI is InChI=1S/C17H26NO2.HI/c1-18(12-6-3-7-13-18)16-11-8-14-19-17(16)20-15-9-4-2-5-10-15;/h2,4-5,9-10,16-17H,3,6-8,11-14H2,1H3;1H/q+1;/p-1. The third-order valence-electron chi connectivity index (χ3n) is 4.87. The summed E-state index contributed by atoms with van der Waals surface area (Å²) in [5.74, 6) is 0.924. The maximum absolute atomic E-state index is 6.15. The van der Waals surface area contributed by atoms with Gasteiger partial charge >= 0.3 is 0 Å². The van der Waals surface area contributed by atoms with Crippen LogP contribution in [0.2, 0.25) is 0 Å². The van der Waals surface area contributed by atoms with Gasteiger partial charge < -0.3 is 37.9 Å². The molecule has 21 heavy (non-hydrogen) atoms. The van der Waals surface area contributed by atoms with Crippen molar-refractivity contribution in [1.29, 1.82) is 0 Å². The fraction of sp³-hybridized carbons (Fsp3) is 0.647. The molecular formula is C17H26INO2. The maximum atomic E-state index is 6.15. The first-order chi connectivity index (χ1) is 9.78. The van der Waals surface area contributed by atoms with Crippen molar-refractivity contribution in [2.24, 2.45) is 0 Å². The molecule has 1 aromatic rings. The Kier molecular flexibility index (Phi) is 6.32. The molecular weight excluding hydrogens is 377 g/mol. The Bertz CT molecular complexity index is 420. The zero-order chi connectivity index (χ0) is 13.8. The second kappa shape index (κ2) is 7.79. The summed E-state index contributed by atoms with van der Waals surface area (Å²) in [7, 11) is 2.39. The number of likely N-dealkylation sites (tertiary alicyclic amines) is 1. The van der Waals surface area contributed by atoms with E-state index in [9.17, 15) is 0 Å². The summed E-state index contributed by atoms with van der Waals surface area (Å²) in [6, 6.07) is 10.6. The summed E-state index contributed by atoms with van der Waals surface area (Å²) in [6.45, 7) is 3.36. The number of hydrogen-bond acceptors (Lipinski definition) is 2. The summed E-state index contributed by atoms with van der Waals surface area (Å²) in [6.07, 6.45) is 6.34. The van der Waals surface area contributed by atoms with Gasteiger partial charge in [-0.1, -0.05) is 18.2 Å². The van der Waals surface area contributed by atoms with Gasteiger partial charge in [-0.2, -0.15) is 0 Å². The number of ether oxygens (including phenoxy) is 2. The van der Waals surface area contributed by atoms with Crippen LogP contribution in [-0.4, -0.2) is 43.6 Å². The molecule has 0 saturated carbocycles. The molecule has 2 saturated heterocycles. The lowest BCUT2D eigenvalue weighted by Gasteiger charge is -2.47. The molecule has 0 N–H and O–H groups in total. The van der Waals surface area contributed by atoms with Gasteiger partial charge in [0.1, 0.15) is 5.75 Å². The van der Waals surface area contributed by atoms with E-state index in [1.807, 2.05) is 30.3 Å². The number of quaternary nitrogens is 1. The molecule has 2 fully saturated rings. The van der Waals surface area contributed by atoms with Gasteiger partial charge in [-0.05, 0) is 37.8 Å². The third-order valence-corrected chi connectivity index (χ3v) is 4.87. The number of rotatable bonds is 3. The van der Waals surface area contributed by atoms with Gasteiger partial charge in [-0.3, -0.25) is 0 Å². The largest absolute Gasteiger partial charge is 1.00 e. The first-order valence-electron chi connectivity index (χ1n) is 7.95. The number of benzene rings is 1. The molecule has 2 aliphatic heterocycles. The Hall–Kier alpha value is -0.330. The summed E-state index contributed by atoms with van der Waals surface area (Å²) < 4.78 is 13.2. The normalized spacial score (nSPS) is 28.4. The lowest BCUT2D eigenvalue weighted by molar-refractivity contribution is -0.944. The average Bonchev–Trinajstić information content (AvgIpc) is 2.49. The molecule has 0 amide bonds. The quantitative estimate of drug-likeness (QED) is 0.531. The van der Waals surface area contributed by atoms with Gasteiger partial charge in [0.05, 0.1) is 26.7 Å². The second-order valence-electron chi connectivity index (χ2n) is 6.37. The first-order valence-corrected chi connectivity index (χ1v) is 7.95. The predicted octanol–water partition coefficient (Wildman–Crippen LogP) is 0.205. The molecule has 0 spiro atoms. The van der Waals surface area contributed by atoms with Gasteiger partial charge in [0.25, 0.3) is 6.29 Å². The van der Waals surface area contributed by atoms with Gasteiger partial charge in [-0.25, -0.2) is 0 Å². The number of hydrogen-bond donors (Lipinski definition) is 0. The molecule has 0 radical (unpaired) electrons. The molecule has 2 atom stereocenters. The van der Waals surface area contributed by atoms with Crippen LogP contribution in [0.4, 0.5) is 0 Å². The highest BCUT2D eigenvalue weighted by Gasteiger charge is 2.43. The van der Waals surface area contributed by atoms with Crippen LogP contribution in [0.5, 0.6) is 5.75 Å². The molecule has 2 aliphatic rings. The zero-order valence-corrected chi connectivity index (χ0v) is 15.0. The number of piperidine rings is 1. The lowest BCUT2D eigenvalue weighted by atomic mass is 9.99. The van der Waals surface area contributed by atoms with E-state index in [4.69, 9.17) is 9.47 Å². The van der Waals surface area contributed by atoms with Gasteiger partial charge in [0.15, 0.2) is 6.04 Å². The topological polar surface area (TPSA) is 18.5 Å². The van der Waals surface area contributed by atoms with Crippen molar-refractivity contribution in [2.75, 3.05) is 26.7 Å². The number of para-hydroxylation sites is 1. The minimum atomic E-state index is -0.0887. The minimum absolute atomic E-state index is 0. The molecule has 2 unspecified atom stereocenters. The van der Waals surface area contributed by atoms with Crippen LogP contribution < -0.4 is 28.7 Å². The van der Waals surface area contributed by atoms with Crippen molar-refractivity contribution >= 4 is 0 Å². The fourth-order valence-electron chi connectivity index (χ4n) is 3.66. The van der Waals surface area contributed by atoms with Gasteiger partial charge in [-0.15, -0.1) is 0 Å². The Morgan fingerprint density at radius 2 is 1.76 bits per heavy atom. The van der Waals surface area contributed by atoms with Crippen molar-refractivity contribution in [2.45, 2.75) is 44.4 Å². The van der Waals surface area contributed by atoms with E-state index >= 15 is 0 Å². The van der Waals surface area contributed by atoms with Crippen LogP contribution >= 0.6 is 0 Å². The zero-order valence-electron chi connectivity index (χ0n) is 12.8. The Balaban J connectivity index is 0.00000161. The van der Waals surface area contributed by atoms with Crippen LogP contribution in [0.1, 0.15) is 32.1 Å². The summed E-state index contributed by atoms with van der Waals surface area (Å²) in [5.41, 5.74) is 0. The van der Waals surface area contributed by atoms with Crippen molar-refractivity contribution in [1.82, 2.24) is 0 Å². The highest BCUT2D eigenvalue weighted by Crippen LogP contribution is 2.30. The lowest BCUT2D eigenvalue weighted by Crippen LogP contribution is -3.00. The van der Waals surface area contributed by atoms with E-state index in [1.54, 1.807) is 0 Å². The maximum Gasteiger partial charge on any atom is 0.252 e. The van der Waals surface area contributed by atoms with Crippen LogP contribution in [0.3, 0.4) is 0 Å². The van der Waals surface area contributed by atoms with Gasteiger partial charge in [0, 0.05) is 6.42 Å². The van der Waals surface area contributed by atoms with Crippen LogP contribution in [0.15, 0.2) is 30.3 Å². The van der Waals surface area contributed by atoms with E-state index in [0.717, 1.165) is 23.3 Å². The van der Waals surface area contributed by atoms with E-state index in [-0.39, 0.29) is 30.3 Å². The molecule has 0 bridgehead atoms. The molecule has 1 aromatic carbocycles. The average molecular weight is 403 g/mol. The van der Waals surface area contributed by atoms with Gasteiger partial charge in [0.2, 0.25) is 0 Å². The Morgan fingerprint density at radius 1 is 1.05 bits per heavy atom. The number of halogens is 1. The molecule has 4 heteroatoms. The summed E-state index contributed by atoms with van der Waals surface area (Å²) in [4.78, 5) is 0. The highest BCUT2D eigenvalue weighted by molar-refractivity contribution is 5.21. The summed E-state index contributed by atoms with van der Waals surface area (Å²) in [5, 5.41) is 0. The summed E-state index contributed by atoms with van der Waals surface area (Å²) >= 11 is 0. The van der Waals surface area contributed by atoms with E-state index in [1.165, 1.54) is 38.8 Å². The Labute approximate surface area is 145 Å². The molecule has 3 rings (SSSR count). The fourth-order valence-corrected chi connectivity index (χ4v) is 3.66. The smallest absolute Gasteiger partial charge is 0.252 e. The number of nitrogens with zero attached hydrogens (tertiary/aromatic N) is 1. The molecule has 118 valence electrons. The van der Waals surface area contributed by atoms with E-state index in [2.05, 4.69) is 7.05 Å². The van der Waals surface area contributed by atoms with Crippen molar-refractivity contribution < 1.29 is 37.9 Å². The van der Waals surface area contributed by atoms with Crippen molar-refractivity contribution in [3.63, 3.8) is 0 Å². The first kappa shape index (κ1) is 17.0. The monoisotopic (exact) mass is 403 g/mol. The predicted molar refractivity (Wildman–Crippen MR) is 79.6 cm³/mol. The van der Waals surface area contributed by atoms with E-state index < -0.39 is 0 Å². The van der Waals surface area contributed by atoms with Crippen LogP contribution in [0, 0.1) is 0 Å². The van der Waals surface area contributed by atoms with Crippen molar-refractivity contribution in [3.8, 4) is 5.75 Å². The molecule has 3 nitrogen and oxygen atoms in total. The van der Waals surface area contributed by atoms with Crippen molar-refractivity contribution in [3.05, 3.63) is 30.3 Å². The molecule has 2 heterocycles. The van der Waals surface area contributed by atoms with Crippen LogP contribution in [-0.2, 0) is 4.74 Å². The Morgan fingerprint density at radius 3 is 2.48 bits per heavy atom. The third kappa shape index (κ3) is 4.11. The highest BCUT2D eigenvalue weighted by atomic mass is 127. The minimum Gasteiger partial charge on any atom is -1.00 e. The molecule has 0 aliphatic carbocycles. The second-order valence-corrected chi connectivity index (χ2v) is 6.37.